The number of methoxy groups -OCH3 is 1. The van der Waals surface area contributed by atoms with Crippen LogP contribution in [-0.4, -0.2) is 54.4 Å². The van der Waals surface area contributed by atoms with Crippen LogP contribution in [0.15, 0.2) is 35.5 Å². The Morgan fingerprint density at radius 1 is 1.21 bits per heavy atom. The summed E-state index contributed by atoms with van der Waals surface area (Å²) < 4.78 is 36.9. The maximum Gasteiger partial charge on any atom is 0.272 e. The van der Waals surface area contributed by atoms with Crippen LogP contribution in [0.3, 0.4) is 0 Å². The van der Waals surface area contributed by atoms with Gasteiger partial charge in [0, 0.05) is 7.11 Å². The molecule has 1 atom stereocenters. The van der Waals surface area contributed by atoms with Gasteiger partial charge in [0.2, 0.25) is 9.84 Å². The van der Waals surface area contributed by atoms with Crippen LogP contribution in [0.4, 0.5) is 0 Å². The van der Waals surface area contributed by atoms with Gasteiger partial charge in [-0.15, -0.1) is 0 Å². The Morgan fingerprint density at radius 2 is 1.96 bits per heavy atom. The predicted molar refractivity (Wildman–Crippen MR) is 87.5 cm³/mol. The third kappa shape index (κ3) is 4.83. The van der Waals surface area contributed by atoms with Crippen LogP contribution in [0.1, 0.15) is 26.2 Å². The quantitative estimate of drug-likeness (QED) is 0.598. The molecule has 0 fully saturated rings. The lowest BCUT2D eigenvalue weighted by molar-refractivity contribution is -0.0747. The molecule has 0 unspecified atom stereocenters. The molecule has 1 heterocycles. The van der Waals surface area contributed by atoms with Crippen LogP contribution in [0.5, 0.6) is 0 Å². The van der Waals surface area contributed by atoms with Crippen LogP contribution in [0, 0.1) is 0 Å². The highest BCUT2D eigenvalue weighted by Gasteiger charge is 2.25. The van der Waals surface area contributed by atoms with E-state index in [0.29, 0.717) is 12.1 Å². The summed E-state index contributed by atoms with van der Waals surface area (Å²) in [5.74, 6) is -0.0887. The highest BCUT2D eigenvalue weighted by atomic mass is 32.2. The van der Waals surface area contributed by atoms with Crippen molar-refractivity contribution in [3.8, 4) is 5.69 Å². The first-order valence-corrected chi connectivity index (χ1v) is 9.40. The highest BCUT2D eigenvalue weighted by molar-refractivity contribution is 7.91. The number of para-hydroxylation sites is 1. The zero-order valence-corrected chi connectivity index (χ0v) is 14.6. The minimum atomic E-state index is -3.63. The molecule has 2 aromatic rings. The number of hydrogen-bond acceptors (Lipinski definition) is 7. The monoisotopic (exact) mass is 354 g/mol. The molecule has 24 heavy (non-hydrogen) atoms. The van der Waals surface area contributed by atoms with Crippen molar-refractivity contribution in [1.29, 1.82) is 0 Å². The smallest absolute Gasteiger partial charge is 0.272 e. The number of benzene rings is 1. The van der Waals surface area contributed by atoms with Crippen LogP contribution < -0.4 is 0 Å². The number of sulfone groups is 1. The van der Waals surface area contributed by atoms with Crippen molar-refractivity contribution in [1.82, 2.24) is 20.2 Å². The van der Waals surface area contributed by atoms with E-state index >= 15 is 0 Å². The van der Waals surface area contributed by atoms with Crippen LogP contribution in [0.2, 0.25) is 0 Å². The Morgan fingerprint density at radius 3 is 2.62 bits per heavy atom. The summed E-state index contributed by atoms with van der Waals surface area (Å²) in [6, 6.07) is 8.92. The number of aromatic nitrogens is 4. The molecule has 0 N–H and O–H groups in total. The number of ether oxygens (including phenoxy) is 2. The van der Waals surface area contributed by atoms with Crippen LogP contribution in [0.25, 0.3) is 5.69 Å². The number of nitrogens with zero attached hydrogens (tertiary/aromatic N) is 4. The lowest BCUT2D eigenvalue weighted by Crippen LogP contribution is -2.21. The molecule has 0 aliphatic rings. The van der Waals surface area contributed by atoms with Crippen molar-refractivity contribution in [3.63, 3.8) is 0 Å². The summed E-state index contributed by atoms with van der Waals surface area (Å²) in [5.41, 5.74) is 0.599. The molecule has 0 saturated carbocycles. The molecule has 9 heteroatoms. The zero-order chi connectivity index (χ0) is 17.4. The molecule has 1 aromatic heterocycles. The van der Waals surface area contributed by atoms with E-state index in [9.17, 15) is 8.42 Å². The van der Waals surface area contributed by atoms with Gasteiger partial charge in [-0.1, -0.05) is 36.6 Å². The number of rotatable bonds is 10. The summed E-state index contributed by atoms with van der Waals surface area (Å²) in [4.78, 5) is 0. The molecule has 132 valence electrons. The van der Waals surface area contributed by atoms with E-state index in [1.165, 1.54) is 11.8 Å². The van der Waals surface area contributed by atoms with E-state index in [-0.39, 0.29) is 23.8 Å². The third-order valence-corrected chi connectivity index (χ3v) is 5.04. The molecule has 8 nitrogen and oxygen atoms in total. The highest BCUT2D eigenvalue weighted by Crippen LogP contribution is 2.16. The fraction of sp³-hybridized carbons (Fsp3) is 0.533. The lowest BCUT2D eigenvalue weighted by Gasteiger charge is -2.16. The van der Waals surface area contributed by atoms with Gasteiger partial charge in [-0.2, -0.15) is 4.68 Å². The number of hydrogen-bond donors (Lipinski definition) is 0. The molecular weight excluding hydrogens is 332 g/mol. The van der Waals surface area contributed by atoms with Gasteiger partial charge >= 0.3 is 0 Å². The minimum Gasteiger partial charge on any atom is -0.359 e. The van der Waals surface area contributed by atoms with E-state index < -0.39 is 9.84 Å². The van der Waals surface area contributed by atoms with Gasteiger partial charge in [-0.05, 0) is 35.4 Å². The lowest BCUT2D eigenvalue weighted by atomic mass is 10.2. The first-order chi connectivity index (χ1) is 11.6. The van der Waals surface area contributed by atoms with Crippen molar-refractivity contribution in [2.75, 3.05) is 19.7 Å². The first kappa shape index (κ1) is 18.5. The second kappa shape index (κ2) is 8.86. The van der Waals surface area contributed by atoms with Crippen molar-refractivity contribution >= 4 is 9.84 Å². The van der Waals surface area contributed by atoms with Crippen molar-refractivity contribution in [3.05, 3.63) is 30.3 Å². The van der Waals surface area contributed by atoms with Crippen molar-refractivity contribution in [2.45, 2.75) is 37.4 Å². The summed E-state index contributed by atoms with van der Waals surface area (Å²) in [5, 5.41) is 10.8. The Balaban J connectivity index is 2.12. The van der Waals surface area contributed by atoms with Gasteiger partial charge in [0.25, 0.3) is 5.16 Å². The van der Waals surface area contributed by atoms with Gasteiger partial charge in [0.05, 0.1) is 17.5 Å². The van der Waals surface area contributed by atoms with Crippen molar-refractivity contribution in [2.24, 2.45) is 0 Å². The Bertz CT molecular complexity index is 718. The van der Waals surface area contributed by atoms with Crippen molar-refractivity contribution < 1.29 is 17.9 Å². The first-order valence-electron chi connectivity index (χ1n) is 7.75. The Hall–Kier alpha value is -1.84. The fourth-order valence-electron chi connectivity index (χ4n) is 2.28. The molecule has 1 aromatic carbocycles. The fourth-order valence-corrected chi connectivity index (χ4v) is 3.60. The molecule has 0 spiro atoms. The molecule has 0 radical (unpaired) electrons. The SMILES string of the molecule is CCC[C@H](CCS(=O)(=O)c1nnnn1-c1ccccc1)OCOC. The summed E-state index contributed by atoms with van der Waals surface area (Å²) in [6.07, 6.45) is 1.85. The summed E-state index contributed by atoms with van der Waals surface area (Å²) >= 11 is 0. The van der Waals surface area contributed by atoms with E-state index in [2.05, 4.69) is 15.5 Å². The average Bonchev–Trinajstić information content (AvgIpc) is 3.09. The molecule has 0 aliphatic heterocycles. The summed E-state index contributed by atoms with van der Waals surface area (Å²) in [7, 11) is -2.09. The minimum absolute atomic E-state index is 0.0887. The van der Waals surface area contributed by atoms with Gasteiger partial charge in [-0.3, -0.25) is 0 Å². The maximum atomic E-state index is 12.6. The normalized spacial score (nSPS) is 13.1. The van der Waals surface area contributed by atoms with E-state index in [0.717, 1.165) is 12.8 Å². The Kier molecular flexibility index (Phi) is 6.83. The van der Waals surface area contributed by atoms with Gasteiger partial charge in [0.15, 0.2) is 0 Å². The molecule has 0 aliphatic carbocycles. The Labute approximate surface area is 141 Å². The standard InChI is InChI=1S/C15H22N4O4S/c1-3-7-14(23-12-22-2)10-11-24(20,21)15-16-17-18-19(15)13-8-5-4-6-9-13/h4-6,8-9,14H,3,7,10-12H2,1-2H3/t14-/m1/s1. The largest absolute Gasteiger partial charge is 0.359 e. The van der Waals surface area contributed by atoms with E-state index in [4.69, 9.17) is 9.47 Å². The van der Waals surface area contributed by atoms with Crippen LogP contribution in [-0.2, 0) is 19.3 Å². The average molecular weight is 354 g/mol. The van der Waals surface area contributed by atoms with Gasteiger partial charge < -0.3 is 9.47 Å². The molecular formula is C15H22N4O4S. The summed E-state index contributed by atoms with van der Waals surface area (Å²) in [6.45, 7) is 2.17. The van der Waals surface area contributed by atoms with Gasteiger partial charge in [0.1, 0.15) is 6.79 Å². The molecule has 0 saturated heterocycles. The second-order valence-electron chi connectivity index (χ2n) is 5.30. The van der Waals surface area contributed by atoms with Crippen LogP contribution >= 0.6 is 0 Å². The molecule has 2 rings (SSSR count). The number of tetrazole rings is 1. The van der Waals surface area contributed by atoms with E-state index in [1.807, 2.05) is 13.0 Å². The zero-order valence-electron chi connectivity index (χ0n) is 13.8. The predicted octanol–water partition coefficient (Wildman–Crippen LogP) is 1.62. The molecule has 0 amide bonds. The molecule has 0 bridgehead atoms. The second-order valence-corrected chi connectivity index (χ2v) is 7.30. The topological polar surface area (TPSA) is 96.2 Å². The third-order valence-electron chi connectivity index (χ3n) is 3.46. The maximum absolute atomic E-state index is 12.6. The van der Waals surface area contributed by atoms with E-state index in [1.54, 1.807) is 24.3 Å². The van der Waals surface area contributed by atoms with Gasteiger partial charge in [-0.25, -0.2) is 8.42 Å².